The van der Waals surface area contributed by atoms with Crippen molar-refractivity contribution in [2.75, 3.05) is 34.8 Å². The average Bonchev–Trinajstić information content (AvgIpc) is 2.88. The van der Waals surface area contributed by atoms with E-state index < -0.39 is 0 Å². The summed E-state index contributed by atoms with van der Waals surface area (Å²) in [7, 11) is 0. The molecule has 2 heterocycles. The minimum atomic E-state index is -0.0429. The summed E-state index contributed by atoms with van der Waals surface area (Å²) < 4.78 is 0. The second-order valence-corrected chi connectivity index (χ2v) is 6.95. The Labute approximate surface area is 135 Å². The lowest BCUT2D eigenvalue weighted by Crippen LogP contribution is -2.40. The predicted octanol–water partition coefficient (Wildman–Crippen LogP) is 2.78. The number of urea groups is 1. The molecule has 0 aromatic heterocycles. The molecule has 1 aromatic rings. The van der Waals surface area contributed by atoms with Crippen molar-refractivity contribution in [3.05, 3.63) is 24.3 Å². The van der Waals surface area contributed by atoms with Gasteiger partial charge >= 0.3 is 6.03 Å². The van der Waals surface area contributed by atoms with Crippen LogP contribution in [0, 0.1) is 0 Å². The molecule has 0 saturated carbocycles. The van der Waals surface area contributed by atoms with Crippen LogP contribution in [0.4, 0.5) is 16.2 Å². The molecule has 1 N–H and O–H groups in total. The summed E-state index contributed by atoms with van der Waals surface area (Å²) in [6.07, 6.45) is 1.52. The lowest BCUT2D eigenvalue weighted by atomic mass is 10.2. The minimum Gasteiger partial charge on any atom is -0.323 e. The molecule has 2 aliphatic rings. The molecule has 5 nitrogen and oxygen atoms in total. The van der Waals surface area contributed by atoms with Gasteiger partial charge in [-0.1, -0.05) is 0 Å². The van der Waals surface area contributed by atoms with Crippen molar-refractivity contribution in [2.24, 2.45) is 0 Å². The number of benzene rings is 1. The Morgan fingerprint density at radius 3 is 2.50 bits per heavy atom. The molecule has 3 rings (SSSR count). The highest BCUT2D eigenvalue weighted by Gasteiger charge is 2.28. The van der Waals surface area contributed by atoms with Gasteiger partial charge in [-0.25, -0.2) is 4.79 Å². The van der Waals surface area contributed by atoms with Crippen molar-refractivity contribution in [3.8, 4) is 0 Å². The van der Waals surface area contributed by atoms with Gasteiger partial charge in [0.2, 0.25) is 5.91 Å². The van der Waals surface area contributed by atoms with E-state index in [2.05, 4.69) is 12.2 Å². The fraction of sp³-hybridized carbons (Fsp3) is 0.500. The van der Waals surface area contributed by atoms with Crippen LogP contribution in [0.2, 0.25) is 0 Å². The number of amides is 3. The first-order valence-electron chi connectivity index (χ1n) is 7.71. The van der Waals surface area contributed by atoms with Gasteiger partial charge in [0.05, 0.1) is 0 Å². The Morgan fingerprint density at radius 1 is 1.23 bits per heavy atom. The monoisotopic (exact) mass is 319 g/mol. The van der Waals surface area contributed by atoms with Crippen LogP contribution >= 0.6 is 11.8 Å². The van der Waals surface area contributed by atoms with Crippen LogP contribution in [-0.4, -0.2) is 47.5 Å². The first-order chi connectivity index (χ1) is 10.6. The van der Waals surface area contributed by atoms with Crippen LogP contribution in [0.5, 0.6) is 0 Å². The lowest BCUT2D eigenvalue weighted by molar-refractivity contribution is -0.117. The van der Waals surface area contributed by atoms with Gasteiger partial charge in [-0.15, -0.1) is 0 Å². The summed E-state index contributed by atoms with van der Waals surface area (Å²) >= 11 is 1.88. The standard InChI is InChI=1S/C16H21N3O2S/c1-12-2-7-15(20)19(12)14-5-3-13(4-6-14)17-16(21)18-8-10-22-11-9-18/h3-6,12H,2,7-11H2,1H3,(H,17,21)/t12-/m1/s1. The molecule has 3 amide bonds. The Kier molecular flexibility index (Phi) is 4.57. The molecule has 0 unspecified atom stereocenters. The zero-order valence-corrected chi connectivity index (χ0v) is 13.6. The molecule has 0 aliphatic carbocycles. The molecule has 118 valence electrons. The summed E-state index contributed by atoms with van der Waals surface area (Å²) in [5.74, 6) is 2.18. The van der Waals surface area contributed by atoms with Crippen molar-refractivity contribution in [1.29, 1.82) is 0 Å². The van der Waals surface area contributed by atoms with E-state index >= 15 is 0 Å². The number of hydrogen-bond donors (Lipinski definition) is 1. The number of hydrogen-bond acceptors (Lipinski definition) is 3. The van der Waals surface area contributed by atoms with E-state index in [1.54, 1.807) is 0 Å². The molecule has 1 atom stereocenters. The predicted molar refractivity (Wildman–Crippen MR) is 90.5 cm³/mol. The molecule has 6 heteroatoms. The Bertz CT molecular complexity index is 555. The fourth-order valence-corrected chi connectivity index (χ4v) is 3.80. The molecular formula is C16H21N3O2S. The highest BCUT2D eigenvalue weighted by molar-refractivity contribution is 7.99. The number of carbonyl (C=O) groups excluding carboxylic acids is 2. The van der Waals surface area contributed by atoms with Crippen molar-refractivity contribution in [2.45, 2.75) is 25.8 Å². The minimum absolute atomic E-state index is 0.0429. The van der Waals surface area contributed by atoms with E-state index in [0.717, 1.165) is 42.4 Å². The second-order valence-electron chi connectivity index (χ2n) is 5.73. The summed E-state index contributed by atoms with van der Waals surface area (Å²) in [4.78, 5) is 27.7. The number of nitrogens with zero attached hydrogens (tertiary/aromatic N) is 2. The maximum Gasteiger partial charge on any atom is 0.321 e. The van der Waals surface area contributed by atoms with Crippen molar-refractivity contribution < 1.29 is 9.59 Å². The molecular weight excluding hydrogens is 298 g/mol. The van der Waals surface area contributed by atoms with E-state index in [9.17, 15) is 9.59 Å². The first-order valence-corrected chi connectivity index (χ1v) is 8.86. The third-order valence-electron chi connectivity index (χ3n) is 4.18. The van der Waals surface area contributed by atoms with Gasteiger partial charge in [-0.2, -0.15) is 11.8 Å². The maximum atomic E-state index is 12.2. The largest absolute Gasteiger partial charge is 0.323 e. The average molecular weight is 319 g/mol. The van der Waals surface area contributed by atoms with Gasteiger partial charge < -0.3 is 15.1 Å². The molecule has 2 saturated heterocycles. The number of carbonyl (C=O) groups is 2. The van der Waals surface area contributed by atoms with Crippen LogP contribution in [0.1, 0.15) is 19.8 Å². The third-order valence-corrected chi connectivity index (χ3v) is 5.12. The molecule has 0 spiro atoms. The molecule has 0 bridgehead atoms. The van der Waals surface area contributed by atoms with E-state index in [0.29, 0.717) is 6.42 Å². The molecule has 0 radical (unpaired) electrons. The maximum absolute atomic E-state index is 12.2. The number of rotatable bonds is 2. The summed E-state index contributed by atoms with van der Waals surface area (Å²) in [6, 6.07) is 7.74. The summed E-state index contributed by atoms with van der Waals surface area (Å²) in [6.45, 7) is 3.66. The summed E-state index contributed by atoms with van der Waals surface area (Å²) in [5, 5.41) is 2.93. The van der Waals surface area contributed by atoms with Gasteiger partial charge in [0.15, 0.2) is 0 Å². The highest BCUT2D eigenvalue weighted by atomic mass is 32.2. The Morgan fingerprint density at radius 2 is 1.91 bits per heavy atom. The van der Waals surface area contributed by atoms with Crippen LogP contribution in [0.3, 0.4) is 0 Å². The molecule has 22 heavy (non-hydrogen) atoms. The highest BCUT2D eigenvalue weighted by Crippen LogP contribution is 2.27. The molecule has 2 fully saturated rings. The van der Waals surface area contributed by atoms with Crippen LogP contribution in [-0.2, 0) is 4.79 Å². The Balaban J connectivity index is 1.64. The van der Waals surface area contributed by atoms with Crippen molar-refractivity contribution >= 4 is 35.1 Å². The zero-order valence-electron chi connectivity index (χ0n) is 12.7. The lowest BCUT2D eigenvalue weighted by Gasteiger charge is -2.26. The number of thioether (sulfide) groups is 1. The quantitative estimate of drug-likeness (QED) is 0.912. The fourth-order valence-electron chi connectivity index (χ4n) is 2.90. The zero-order chi connectivity index (χ0) is 15.5. The number of nitrogens with one attached hydrogen (secondary N) is 1. The topological polar surface area (TPSA) is 52.7 Å². The normalized spacial score (nSPS) is 22.0. The van der Waals surface area contributed by atoms with Crippen molar-refractivity contribution in [1.82, 2.24) is 4.90 Å². The van der Waals surface area contributed by atoms with Gasteiger partial charge in [-0.05, 0) is 37.6 Å². The summed E-state index contributed by atoms with van der Waals surface area (Å²) in [5.41, 5.74) is 1.67. The van der Waals surface area contributed by atoms with Gasteiger partial charge in [-0.3, -0.25) is 4.79 Å². The van der Waals surface area contributed by atoms with Crippen LogP contribution in [0.25, 0.3) is 0 Å². The first kappa shape index (κ1) is 15.2. The van der Waals surface area contributed by atoms with E-state index in [1.807, 2.05) is 45.8 Å². The van der Waals surface area contributed by atoms with Crippen molar-refractivity contribution in [3.63, 3.8) is 0 Å². The van der Waals surface area contributed by atoms with Gasteiger partial charge in [0, 0.05) is 48.4 Å². The van der Waals surface area contributed by atoms with E-state index in [-0.39, 0.29) is 18.0 Å². The second kappa shape index (κ2) is 6.60. The molecule has 1 aromatic carbocycles. The molecule has 2 aliphatic heterocycles. The Hall–Kier alpha value is -1.69. The van der Waals surface area contributed by atoms with E-state index in [1.165, 1.54) is 0 Å². The van der Waals surface area contributed by atoms with Crippen LogP contribution in [0.15, 0.2) is 24.3 Å². The number of anilines is 2. The smallest absolute Gasteiger partial charge is 0.321 e. The van der Waals surface area contributed by atoms with Gasteiger partial charge in [0.25, 0.3) is 0 Å². The third kappa shape index (κ3) is 3.21. The van der Waals surface area contributed by atoms with Gasteiger partial charge in [0.1, 0.15) is 0 Å². The van der Waals surface area contributed by atoms with E-state index in [4.69, 9.17) is 0 Å². The SMILES string of the molecule is C[C@@H]1CCC(=O)N1c1ccc(NC(=O)N2CCSCC2)cc1. The van der Waals surface area contributed by atoms with Crippen LogP contribution < -0.4 is 10.2 Å².